The van der Waals surface area contributed by atoms with Crippen LogP contribution in [-0.4, -0.2) is 22.1 Å². The molecular formula is C23H18BrN3O5S. The van der Waals surface area contributed by atoms with Crippen LogP contribution in [0.2, 0.25) is 0 Å². The number of fused-ring (bicyclic) bond motifs is 1. The number of non-ortho nitro benzene ring substituents is 1. The Morgan fingerprint density at radius 1 is 1.30 bits per heavy atom. The molecule has 168 valence electrons. The molecule has 0 amide bonds. The second-order valence-corrected chi connectivity index (χ2v) is 9.13. The summed E-state index contributed by atoms with van der Waals surface area (Å²) in [5.74, 6) is -0.528. The van der Waals surface area contributed by atoms with Gasteiger partial charge in [0.05, 0.1) is 33.4 Å². The second kappa shape index (κ2) is 9.24. The number of nitrogens with zero attached hydrogens (tertiary/aromatic N) is 3. The van der Waals surface area contributed by atoms with Crippen LogP contribution in [0.1, 0.15) is 31.0 Å². The summed E-state index contributed by atoms with van der Waals surface area (Å²) in [7, 11) is 0. The molecule has 1 aliphatic rings. The molecule has 1 aliphatic heterocycles. The number of thiazole rings is 1. The first-order valence-electron chi connectivity index (χ1n) is 9.99. The largest absolute Gasteiger partial charge is 0.463 e. The van der Waals surface area contributed by atoms with Gasteiger partial charge in [-0.3, -0.25) is 19.5 Å². The van der Waals surface area contributed by atoms with E-state index in [1.807, 2.05) is 24.3 Å². The molecule has 0 radical (unpaired) electrons. The Morgan fingerprint density at radius 3 is 2.70 bits per heavy atom. The van der Waals surface area contributed by atoms with Crippen LogP contribution in [0.4, 0.5) is 5.69 Å². The molecule has 0 bridgehead atoms. The standard InChI is InChI=1S/C23H18BrN3O5S/c1-3-32-22(29)19-13(2)25-23-26(20(19)15-7-9-16(24)10-8-15)21(28)18(33-23)12-14-5-4-6-17(11-14)27(30)31/h4-12,20H,3H2,1-2H3/b18-12-/t20-/m0/s1. The number of ether oxygens (including phenoxy) is 1. The molecule has 33 heavy (non-hydrogen) atoms. The predicted octanol–water partition coefficient (Wildman–Crippen LogP) is 3.47. The number of hydrogen-bond donors (Lipinski definition) is 0. The fourth-order valence-electron chi connectivity index (χ4n) is 3.63. The third kappa shape index (κ3) is 4.44. The highest BCUT2D eigenvalue weighted by Crippen LogP contribution is 2.31. The zero-order valence-corrected chi connectivity index (χ0v) is 20.1. The maximum Gasteiger partial charge on any atom is 0.338 e. The van der Waals surface area contributed by atoms with Gasteiger partial charge in [-0.15, -0.1) is 0 Å². The minimum absolute atomic E-state index is 0.0651. The number of carbonyl (C=O) groups excluding carboxylic acids is 1. The number of hydrogen-bond acceptors (Lipinski definition) is 7. The zero-order chi connectivity index (χ0) is 23.7. The van der Waals surface area contributed by atoms with E-state index in [0.717, 1.165) is 10.0 Å². The molecular weight excluding hydrogens is 510 g/mol. The molecule has 10 heteroatoms. The van der Waals surface area contributed by atoms with Crippen molar-refractivity contribution in [3.8, 4) is 0 Å². The van der Waals surface area contributed by atoms with Crippen LogP contribution >= 0.6 is 27.3 Å². The van der Waals surface area contributed by atoms with Crippen molar-refractivity contribution in [3.05, 3.63) is 105 Å². The predicted molar refractivity (Wildman–Crippen MR) is 128 cm³/mol. The average Bonchev–Trinajstić information content (AvgIpc) is 3.08. The van der Waals surface area contributed by atoms with Crippen LogP contribution in [-0.2, 0) is 9.53 Å². The van der Waals surface area contributed by atoms with E-state index in [4.69, 9.17) is 4.74 Å². The molecule has 0 unspecified atom stereocenters. The van der Waals surface area contributed by atoms with E-state index in [9.17, 15) is 19.7 Å². The third-order valence-corrected chi connectivity index (χ3v) is 6.59. The molecule has 0 fully saturated rings. The van der Waals surface area contributed by atoms with Gasteiger partial charge in [-0.1, -0.05) is 51.5 Å². The number of nitro benzene ring substituents is 1. The van der Waals surface area contributed by atoms with Crippen molar-refractivity contribution in [3.63, 3.8) is 0 Å². The average molecular weight is 528 g/mol. The van der Waals surface area contributed by atoms with E-state index in [2.05, 4.69) is 20.9 Å². The molecule has 0 N–H and O–H groups in total. The monoisotopic (exact) mass is 527 g/mol. The lowest BCUT2D eigenvalue weighted by Crippen LogP contribution is -2.39. The van der Waals surface area contributed by atoms with Gasteiger partial charge in [0.1, 0.15) is 0 Å². The lowest BCUT2D eigenvalue weighted by molar-refractivity contribution is -0.384. The van der Waals surface area contributed by atoms with Crippen LogP contribution in [0, 0.1) is 10.1 Å². The summed E-state index contributed by atoms with van der Waals surface area (Å²) in [6, 6.07) is 12.7. The summed E-state index contributed by atoms with van der Waals surface area (Å²) in [6.07, 6.45) is 1.60. The smallest absolute Gasteiger partial charge is 0.338 e. The minimum atomic E-state index is -0.708. The van der Waals surface area contributed by atoms with Crippen molar-refractivity contribution in [2.75, 3.05) is 6.61 Å². The fourth-order valence-corrected chi connectivity index (χ4v) is 4.94. The maximum absolute atomic E-state index is 13.5. The van der Waals surface area contributed by atoms with Gasteiger partial charge in [-0.2, -0.15) is 0 Å². The molecule has 1 aromatic heterocycles. The highest BCUT2D eigenvalue weighted by molar-refractivity contribution is 9.10. The fraction of sp³-hybridized carbons (Fsp3) is 0.174. The lowest BCUT2D eigenvalue weighted by Gasteiger charge is -2.24. The summed E-state index contributed by atoms with van der Waals surface area (Å²) in [5, 5.41) is 11.1. The zero-order valence-electron chi connectivity index (χ0n) is 17.6. The van der Waals surface area contributed by atoms with Crippen molar-refractivity contribution in [1.82, 2.24) is 4.57 Å². The highest BCUT2D eigenvalue weighted by atomic mass is 79.9. The molecule has 8 nitrogen and oxygen atoms in total. The lowest BCUT2D eigenvalue weighted by atomic mass is 9.96. The quantitative estimate of drug-likeness (QED) is 0.287. The number of allylic oxidation sites excluding steroid dienone is 1. The van der Waals surface area contributed by atoms with Crippen LogP contribution < -0.4 is 14.9 Å². The first kappa shape index (κ1) is 22.8. The summed E-state index contributed by atoms with van der Waals surface area (Å²) in [4.78, 5) is 41.9. The van der Waals surface area contributed by atoms with E-state index in [0.29, 0.717) is 26.2 Å². The Balaban J connectivity index is 1.94. The SMILES string of the molecule is CCOC(=O)C1=C(C)N=c2s/c(=C\c3cccc([N+](=O)[O-])c3)c(=O)n2[C@H]1c1ccc(Br)cc1. The van der Waals surface area contributed by atoms with Crippen molar-refractivity contribution in [2.24, 2.45) is 4.99 Å². The van der Waals surface area contributed by atoms with Gasteiger partial charge in [-0.25, -0.2) is 9.79 Å². The molecule has 2 heterocycles. The van der Waals surface area contributed by atoms with Crippen LogP contribution in [0.3, 0.4) is 0 Å². The second-order valence-electron chi connectivity index (χ2n) is 7.21. The topological polar surface area (TPSA) is 104 Å². The highest BCUT2D eigenvalue weighted by Gasteiger charge is 2.33. The number of aromatic nitrogens is 1. The molecule has 1 atom stereocenters. The van der Waals surface area contributed by atoms with Gasteiger partial charge < -0.3 is 4.74 Å². The number of benzene rings is 2. The van der Waals surface area contributed by atoms with E-state index in [1.54, 1.807) is 32.1 Å². The van der Waals surface area contributed by atoms with Crippen molar-refractivity contribution in [1.29, 1.82) is 0 Å². The van der Waals surface area contributed by atoms with Gasteiger partial charge in [0, 0.05) is 16.6 Å². The van der Waals surface area contributed by atoms with Gasteiger partial charge in [-0.05, 0) is 43.2 Å². The van der Waals surface area contributed by atoms with Crippen molar-refractivity contribution >= 4 is 45.0 Å². The normalized spacial score (nSPS) is 15.7. The Labute approximate surface area is 200 Å². The maximum atomic E-state index is 13.5. The van der Waals surface area contributed by atoms with Gasteiger partial charge in [0.25, 0.3) is 11.2 Å². The molecule has 0 aliphatic carbocycles. The molecule has 2 aromatic carbocycles. The first-order chi connectivity index (χ1) is 15.8. The van der Waals surface area contributed by atoms with Gasteiger partial charge >= 0.3 is 5.97 Å². The minimum Gasteiger partial charge on any atom is -0.463 e. The number of carbonyl (C=O) groups is 1. The van der Waals surface area contributed by atoms with Crippen molar-refractivity contribution in [2.45, 2.75) is 19.9 Å². The Hall–Kier alpha value is -3.37. The number of nitro groups is 1. The van der Waals surface area contributed by atoms with E-state index < -0.39 is 16.9 Å². The van der Waals surface area contributed by atoms with E-state index in [-0.39, 0.29) is 17.9 Å². The molecule has 0 saturated heterocycles. The number of halogens is 1. The number of esters is 1. The molecule has 3 aromatic rings. The van der Waals surface area contributed by atoms with E-state index in [1.165, 1.54) is 28.0 Å². The Kier molecular flexibility index (Phi) is 6.39. The first-order valence-corrected chi connectivity index (χ1v) is 11.6. The van der Waals surface area contributed by atoms with Crippen LogP contribution in [0.5, 0.6) is 0 Å². The van der Waals surface area contributed by atoms with E-state index >= 15 is 0 Å². The Bertz CT molecular complexity index is 1470. The Morgan fingerprint density at radius 2 is 2.03 bits per heavy atom. The molecule has 0 spiro atoms. The number of rotatable bonds is 5. The van der Waals surface area contributed by atoms with Crippen LogP contribution in [0.25, 0.3) is 6.08 Å². The summed E-state index contributed by atoms with van der Waals surface area (Å²) in [5.41, 5.74) is 1.63. The summed E-state index contributed by atoms with van der Waals surface area (Å²) >= 11 is 4.58. The molecule has 0 saturated carbocycles. The summed E-state index contributed by atoms with van der Waals surface area (Å²) in [6.45, 7) is 3.63. The molecule has 4 rings (SSSR count). The third-order valence-electron chi connectivity index (χ3n) is 5.08. The van der Waals surface area contributed by atoms with Crippen molar-refractivity contribution < 1.29 is 14.5 Å². The summed E-state index contributed by atoms with van der Waals surface area (Å²) < 4.78 is 7.97. The van der Waals surface area contributed by atoms with Crippen LogP contribution in [0.15, 0.2) is 74.1 Å². The van der Waals surface area contributed by atoms with Gasteiger partial charge in [0.15, 0.2) is 4.80 Å². The van der Waals surface area contributed by atoms with Gasteiger partial charge in [0.2, 0.25) is 0 Å².